The molecule has 0 aliphatic heterocycles. The molecule has 0 saturated carbocycles. The molecule has 8 heteroatoms. The van der Waals surface area contributed by atoms with Crippen molar-refractivity contribution in [3.05, 3.63) is 96.6 Å². The van der Waals surface area contributed by atoms with Crippen molar-refractivity contribution in [2.75, 3.05) is 27.4 Å². The van der Waals surface area contributed by atoms with Crippen LogP contribution in [0.1, 0.15) is 83.3 Å². The minimum absolute atomic E-state index is 0.204. The Morgan fingerprint density at radius 3 is 1.53 bits per heavy atom. The van der Waals surface area contributed by atoms with Gasteiger partial charge in [0.15, 0.2) is 0 Å². The molecule has 0 N–H and O–H groups in total. The van der Waals surface area contributed by atoms with Gasteiger partial charge in [-0.1, -0.05) is 102 Å². The maximum Gasteiger partial charge on any atom is 0.333 e. The Bertz CT molecular complexity index is 1160. The highest BCUT2D eigenvalue weighted by Crippen LogP contribution is 2.22. The SMILES string of the molecule is C=C(C)C(=O)OCC(CC)c1ccccc1.C=CC(=O)OC.CCC(CC(C)C(=O)OCC(CC)c1ccccc1)C(=O)OC. The summed E-state index contributed by atoms with van der Waals surface area (Å²) in [7, 11) is 2.68. The molecule has 0 aromatic heterocycles. The second-order valence-corrected chi connectivity index (χ2v) is 10.5. The molecule has 0 heterocycles. The van der Waals surface area contributed by atoms with Gasteiger partial charge in [-0.25, -0.2) is 9.59 Å². The zero-order chi connectivity index (χ0) is 34.2. The first-order chi connectivity index (χ1) is 21.5. The zero-order valence-electron chi connectivity index (χ0n) is 28.1. The molecule has 0 saturated heterocycles. The summed E-state index contributed by atoms with van der Waals surface area (Å²) < 4.78 is 19.6. The van der Waals surface area contributed by atoms with Crippen LogP contribution in [0.5, 0.6) is 0 Å². The highest BCUT2D eigenvalue weighted by molar-refractivity contribution is 5.87. The standard InChI is InChI=1S/C19H28O4.C14H18O2.C4H6O2/c1-5-15(19(21)22-4)12-14(3)18(20)23-13-16(6-2)17-10-8-7-9-11-17;1-4-12(10-16-14(15)11(2)3)13-8-6-5-7-9-13;1-3-4(5)6-2/h7-11,14-16H,5-6,12-13H2,1-4H3;5-9,12H,2,4,10H2,1,3H3;3H,1H2,2H3. The summed E-state index contributed by atoms with van der Waals surface area (Å²) >= 11 is 0. The molecule has 0 fully saturated rings. The first-order valence-corrected chi connectivity index (χ1v) is 15.4. The largest absolute Gasteiger partial charge is 0.469 e. The second kappa shape index (κ2) is 24.2. The quantitative estimate of drug-likeness (QED) is 0.113. The van der Waals surface area contributed by atoms with Crippen molar-refractivity contribution in [2.24, 2.45) is 11.8 Å². The maximum atomic E-state index is 12.2. The van der Waals surface area contributed by atoms with Gasteiger partial charge < -0.3 is 18.9 Å². The Labute approximate surface area is 269 Å². The lowest BCUT2D eigenvalue weighted by molar-refractivity contribution is -0.151. The number of ether oxygens (including phenoxy) is 4. The molecule has 248 valence electrons. The van der Waals surface area contributed by atoms with Gasteiger partial charge in [0, 0.05) is 23.5 Å². The van der Waals surface area contributed by atoms with Crippen molar-refractivity contribution in [3.63, 3.8) is 0 Å². The van der Waals surface area contributed by atoms with Gasteiger partial charge in [-0.15, -0.1) is 0 Å². The van der Waals surface area contributed by atoms with E-state index in [0.29, 0.717) is 31.6 Å². The van der Waals surface area contributed by atoms with E-state index in [-0.39, 0.29) is 41.6 Å². The number of carbonyl (C=O) groups excluding carboxylic acids is 4. The number of benzene rings is 2. The first kappa shape index (κ1) is 40.8. The smallest absolute Gasteiger partial charge is 0.333 e. The van der Waals surface area contributed by atoms with Crippen molar-refractivity contribution < 1.29 is 38.1 Å². The van der Waals surface area contributed by atoms with Crippen LogP contribution in [0.25, 0.3) is 0 Å². The van der Waals surface area contributed by atoms with Gasteiger partial charge in [-0.2, -0.15) is 0 Å². The third kappa shape index (κ3) is 17.0. The van der Waals surface area contributed by atoms with E-state index in [1.54, 1.807) is 13.8 Å². The fraction of sp³-hybridized carbons (Fsp3) is 0.459. The summed E-state index contributed by atoms with van der Waals surface area (Å²) in [5, 5.41) is 0. The van der Waals surface area contributed by atoms with Crippen LogP contribution in [0.2, 0.25) is 0 Å². The molecule has 45 heavy (non-hydrogen) atoms. The predicted octanol–water partition coefficient (Wildman–Crippen LogP) is 7.59. The summed E-state index contributed by atoms with van der Waals surface area (Å²) in [4.78, 5) is 44.9. The van der Waals surface area contributed by atoms with E-state index in [4.69, 9.17) is 14.2 Å². The first-order valence-electron chi connectivity index (χ1n) is 15.4. The molecule has 2 rings (SSSR count). The molecule has 4 atom stereocenters. The monoisotopic (exact) mass is 624 g/mol. The molecule has 0 amide bonds. The molecule has 0 aliphatic rings. The lowest BCUT2D eigenvalue weighted by Crippen LogP contribution is -2.24. The van der Waals surface area contributed by atoms with Gasteiger partial charge in [-0.3, -0.25) is 9.59 Å². The third-order valence-electron chi connectivity index (χ3n) is 7.15. The van der Waals surface area contributed by atoms with E-state index in [9.17, 15) is 19.2 Å². The number of hydrogen-bond donors (Lipinski definition) is 0. The van der Waals surface area contributed by atoms with Crippen LogP contribution in [0.3, 0.4) is 0 Å². The zero-order valence-corrected chi connectivity index (χ0v) is 28.1. The van der Waals surface area contributed by atoms with E-state index >= 15 is 0 Å². The Morgan fingerprint density at radius 2 is 1.20 bits per heavy atom. The highest BCUT2D eigenvalue weighted by Gasteiger charge is 2.25. The van der Waals surface area contributed by atoms with Gasteiger partial charge in [-0.05, 0) is 43.7 Å². The molecule has 4 unspecified atom stereocenters. The van der Waals surface area contributed by atoms with Gasteiger partial charge >= 0.3 is 23.9 Å². The molecular weight excluding hydrogens is 572 g/mol. The molecule has 2 aromatic rings. The van der Waals surface area contributed by atoms with Gasteiger partial charge in [0.1, 0.15) is 0 Å². The number of hydrogen-bond acceptors (Lipinski definition) is 8. The topological polar surface area (TPSA) is 105 Å². The maximum absolute atomic E-state index is 12.2. The van der Waals surface area contributed by atoms with Crippen LogP contribution in [0, 0.1) is 11.8 Å². The number of rotatable bonds is 15. The minimum Gasteiger partial charge on any atom is -0.469 e. The van der Waals surface area contributed by atoms with Crippen LogP contribution in [0.4, 0.5) is 0 Å². The van der Waals surface area contributed by atoms with Gasteiger partial charge in [0.2, 0.25) is 0 Å². The highest BCUT2D eigenvalue weighted by atomic mass is 16.5. The lowest BCUT2D eigenvalue weighted by atomic mass is 9.93. The fourth-order valence-electron chi connectivity index (χ4n) is 4.18. The van der Waals surface area contributed by atoms with Crippen LogP contribution in [-0.4, -0.2) is 51.3 Å². The Morgan fingerprint density at radius 1 is 0.733 bits per heavy atom. The van der Waals surface area contributed by atoms with Gasteiger partial charge in [0.25, 0.3) is 0 Å². The summed E-state index contributed by atoms with van der Waals surface area (Å²) in [6, 6.07) is 20.2. The van der Waals surface area contributed by atoms with Crippen molar-refractivity contribution >= 4 is 23.9 Å². The normalized spacial score (nSPS) is 12.6. The van der Waals surface area contributed by atoms with Crippen molar-refractivity contribution in [1.29, 1.82) is 0 Å². The molecule has 2 aromatic carbocycles. The number of methoxy groups -OCH3 is 2. The van der Waals surface area contributed by atoms with Gasteiger partial charge in [0.05, 0.1) is 39.3 Å². The summed E-state index contributed by atoms with van der Waals surface area (Å²) in [6.45, 7) is 17.1. The number of carbonyl (C=O) groups is 4. The summed E-state index contributed by atoms with van der Waals surface area (Å²) in [6.07, 6.45) is 4.09. The Kier molecular flexibility index (Phi) is 21.9. The van der Waals surface area contributed by atoms with Crippen LogP contribution in [-0.2, 0) is 38.1 Å². The van der Waals surface area contributed by atoms with E-state index in [1.807, 2.05) is 43.3 Å². The van der Waals surface area contributed by atoms with Crippen LogP contribution >= 0.6 is 0 Å². The average Bonchev–Trinajstić information content (AvgIpc) is 3.08. The summed E-state index contributed by atoms with van der Waals surface area (Å²) in [5.74, 6) is -1.31. The van der Waals surface area contributed by atoms with Crippen molar-refractivity contribution in [3.8, 4) is 0 Å². The average molecular weight is 625 g/mol. The van der Waals surface area contributed by atoms with Crippen molar-refractivity contribution in [2.45, 2.75) is 72.1 Å². The molecular formula is C37H52O8. The summed E-state index contributed by atoms with van der Waals surface area (Å²) in [5.41, 5.74) is 2.83. The predicted molar refractivity (Wildman–Crippen MR) is 177 cm³/mol. The van der Waals surface area contributed by atoms with E-state index < -0.39 is 5.97 Å². The molecule has 0 radical (unpaired) electrons. The molecule has 8 nitrogen and oxygen atoms in total. The van der Waals surface area contributed by atoms with E-state index in [0.717, 1.165) is 18.9 Å². The minimum atomic E-state index is -0.394. The Hall–Kier alpha value is -4.20. The molecule has 0 aliphatic carbocycles. The molecule has 0 bridgehead atoms. The van der Waals surface area contributed by atoms with E-state index in [1.165, 1.54) is 25.3 Å². The van der Waals surface area contributed by atoms with Crippen molar-refractivity contribution in [1.82, 2.24) is 0 Å². The van der Waals surface area contributed by atoms with Crippen LogP contribution < -0.4 is 0 Å². The molecule has 0 spiro atoms. The number of esters is 4. The van der Waals surface area contributed by atoms with Crippen LogP contribution in [0.15, 0.2) is 85.5 Å². The second-order valence-electron chi connectivity index (χ2n) is 10.5. The Balaban J connectivity index is 0.000000759. The fourth-order valence-corrected chi connectivity index (χ4v) is 4.18. The third-order valence-corrected chi connectivity index (χ3v) is 7.15. The lowest BCUT2D eigenvalue weighted by Gasteiger charge is -2.19. The van der Waals surface area contributed by atoms with E-state index in [2.05, 4.69) is 56.0 Å².